The highest BCUT2D eigenvalue weighted by Crippen LogP contribution is 2.37. The molecule has 0 saturated carbocycles. The van der Waals surface area contributed by atoms with E-state index < -0.39 is 0 Å². The molecule has 3 fully saturated rings. The molecular weight excluding hydrogens is 435 g/mol. The smallest absolute Gasteiger partial charge is 0.130 e. The number of aromatic nitrogens is 1. The maximum Gasteiger partial charge on any atom is 0.130 e. The molecule has 35 heavy (non-hydrogen) atoms. The minimum Gasteiger partial charge on any atom is -0.371 e. The third-order valence-corrected chi connectivity index (χ3v) is 8.57. The number of benzene rings is 1. The second-order valence-electron chi connectivity index (χ2n) is 11.0. The van der Waals surface area contributed by atoms with E-state index in [0.717, 1.165) is 49.9 Å². The number of pyridine rings is 1. The fourth-order valence-corrected chi connectivity index (χ4v) is 6.78. The Kier molecular flexibility index (Phi) is 8.10. The van der Waals surface area contributed by atoms with Crippen LogP contribution in [0.5, 0.6) is 0 Å². The van der Waals surface area contributed by atoms with E-state index in [4.69, 9.17) is 4.98 Å². The molecule has 3 aliphatic rings. The summed E-state index contributed by atoms with van der Waals surface area (Å²) in [6.45, 7) is 6.68. The lowest BCUT2D eigenvalue weighted by atomic mass is 9.92. The van der Waals surface area contributed by atoms with Gasteiger partial charge in [0.25, 0.3) is 0 Å². The summed E-state index contributed by atoms with van der Waals surface area (Å²) in [7, 11) is 0. The molecule has 0 aliphatic carbocycles. The Morgan fingerprint density at radius 3 is 2.60 bits per heavy atom. The van der Waals surface area contributed by atoms with Gasteiger partial charge in [-0.3, -0.25) is 0 Å². The van der Waals surface area contributed by atoms with Gasteiger partial charge < -0.3 is 14.7 Å². The Morgan fingerprint density at radius 1 is 0.857 bits per heavy atom. The number of nitrogens with zero attached hydrogens (tertiary/aromatic N) is 4. The molecule has 5 heteroatoms. The van der Waals surface area contributed by atoms with Gasteiger partial charge in [0.15, 0.2) is 0 Å². The van der Waals surface area contributed by atoms with Crippen LogP contribution in [0.15, 0.2) is 42.6 Å². The predicted octanol–water partition coefficient (Wildman–Crippen LogP) is 7.05. The van der Waals surface area contributed by atoms with Crippen LogP contribution >= 0.6 is 0 Å². The molecule has 2 aromatic rings. The number of anilines is 3. The van der Waals surface area contributed by atoms with Crippen LogP contribution in [0.4, 0.5) is 21.6 Å². The van der Waals surface area contributed by atoms with Gasteiger partial charge in [-0.15, -0.1) is 0 Å². The van der Waals surface area contributed by atoms with E-state index in [-0.39, 0.29) is 5.82 Å². The SMILES string of the molecule is CCCCCCC[C@@H]1CCCN(c2ccnc(N3CC[C@H]4[C@@H]3CCCN4c3cccc(F)c3)c2)C1. The molecule has 3 atom stereocenters. The Bertz CT molecular complexity index is 949. The molecule has 4 heterocycles. The molecule has 190 valence electrons. The average molecular weight is 479 g/mol. The lowest BCUT2D eigenvalue weighted by Gasteiger charge is -2.42. The third kappa shape index (κ3) is 5.76. The first-order chi connectivity index (χ1) is 17.2. The maximum absolute atomic E-state index is 13.9. The van der Waals surface area contributed by atoms with Crippen molar-refractivity contribution in [2.24, 2.45) is 5.92 Å². The van der Waals surface area contributed by atoms with Crippen molar-refractivity contribution >= 4 is 17.2 Å². The molecule has 4 nitrogen and oxygen atoms in total. The summed E-state index contributed by atoms with van der Waals surface area (Å²) in [5, 5.41) is 0. The van der Waals surface area contributed by atoms with Crippen LogP contribution in [0.3, 0.4) is 0 Å². The van der Waals surface area contributed by atoms with Crippen LogP contribution in [0.25, 0.3) is 0 Å². The summed E-state index contributed by atoms with van der Waals surface area (Å²) in [4.78, 5) is 12.4. The van der Waals surface area contributed by atoms with Gasteiger partial charge in [-0.1, -0.05) is 45.1 Å². The van der Waals surface area contributed by atoms with E-state index in [9.17, 15) is 4.39 Å². The summed E-state index contributed by atoms with van der Waals surface area (Å²) >= 11 is 0. The number of piperidine rings is 2. The molecule has 1 aromatic heterocycles. The summed E-state index contributed by atoms with van der Waals surface area (Å²) < 4.78 is 13.9. The first-order valence-corrected chi connectivity index (χ1v) is 14.2. The average Bonchev–Trinajstić information content (AvgIpc) is 3.33. The fraction of sp³-hybridized carbons (Fsp3) is 0.633. The Morgan fingerprint density at radius 2 is 1.71 bits per heavy atom. The first-order valence-electron chi connectivity index (χ1n) is 14.2. The van der Waals surface area contributed by atoms with Gasteiger partial charge in [-0.05, 0) is 68.7 Å². The molecule has 0 amide bonds. The standard InChI is InChI=1S/C30H43FN4/c1-2-3-4-5-6-10-24-11-8-18-33(23-24)26-15-17-32-30(22-26)35-20-16-29-28(35)14-9-19-34(29)27-13-7-12-25(31)21-27/h7,12-13,15,17,21-22,24,28-29H,2-6,8-11,14,16,18-20,23H2,1H3/t24-,28+,29+/m1/s1. The van der Waals surface area contributed by atoms with E-state index in [1.807, 2.05) is 12.3 Å². The molecule has 3 aliphatic heterocycles. The van der Waals surface area contributed by atoms with Crippen molar-refractivity contribution in [3.05, 3.63) is 48.4 Å². The maximum atomic E-state index is 13.9. The number of unbranched alkanes of at least 4 members (excludes halogenated alkanes) is 4. The summed E-state index contributed by atoms with van der Waals surface area (Å²) in [6, 6.07) is 12.6. The molecule has 0 N–H and O–H groups in total. The van der Waals surface area contributed by atoms with Crippen molar-refractivity contribution in [1.29, 1.82) is 0 Å². The molecule has 5 rings (SSSR count). The van der Waals surface area contributed by atoms with Crippen LogP contribution in [0.2, 0.25) is 0 Å². The summed E-state index contributed by atoms with van der Waals surface area (Å²) in [5.74, 6) is 1.81. The van der Waals surface area contributed by atoms with Gasteiger partial charge in [0.1, 0.15) is 11.6 Å². The van der Waals surface area contributed by atoms with E-state index in [1.54, 1.807) is 12.1 Å². The fourth-order valence-electron chi connectivity index (χ4n) is 6.78. The van der Waals surface area contributed by atoms with Crippen molar-refractivity contribution in [3.8, 4) is 0 Å². The monoisotopic (exact) mass is 478 g/mol. The van der Waals surface area contributed by atoms with Crippen molar-refractivity contribution in [3.63, 3.8) is 0 Å². The zero-order valence-electron chi connectivity index (χ0n) is 21.5. The molecule has 0 bridgehead atoms. The highest BCUT2D eigenvalue weighted by molar-refractivity contribution is 5.58. The summed E-state index contributed by atoms with van der Waals surface area (Å²) in [6.07, 6.45) is 16.4. The first kappa shape index (κ1) is 24.4. The highest BCUT2D eigenvalue weighted by atomic mass is 19.1. The third-order valence-electron chi connectivity index (χ3n) is 8.57. The topological polar surface area (TPSA) is 22.6 Å². The number of hydrogen-bond acceptors (Lipinski definition) is 4. The number of fused-ring (bicyclic) bond motifs is 1. The molecule has 3 saturated heterocycles. The summed E-state index contributed by atoms with van der Waals surface area (Å²) in [5.41, 5.74) is 2.37. The number of rotatable bonds is 9. The Labute approximate surface area is 211 Å². The molecule has 0 unspecified atom stereocenters. The van der Waals surface area contributed by atoms with Gasteiger partial charge in [0, 0.05) is 49.8 Å². The minimum atomic E-state index is -0.144. The minimum absolute atomic E-state index is 0.144. The quantitative estimate of drug-likeness (QED) is 0.360. The van der Waals surface area contributed by atoms with Gasteiger partial charge in [0.2, 0.25) is 0 Å². The molecule has 0 radical (unpaired) electrons. The normalized spacial score (nSPS) is 24.6. The van der Waals surface area contributed by atoms with Crippen molar-refractivity contribution in [2.45, 2.75) is 89.6 Å². The lowest BCUT2D eigenvalue weighted by molar-refractivity contribution is 0.375. The molecular formula is C30H43FN4. The van der Waals surface area contributed by atoms with E-state index >= 15 is 0 Å². The van der Waals surface area contributed by atoms with Crippen LogP contribution in [-0.4, -0.2) is 43.2 Å². The Balaban J connectivity index is 1.23. The van der Waals surface area contributed by atoms with E-state index in [1.165, 1.54) is 70.0 Å². The Hall–Kier alpha value is -2.30. The number of hydrogen-bond donors (Lipinski definition) is 0. The zero-order valence-corrected chi connectivity index (χ0v) is 21.5. The van der Waals surface area contributed by atoms with Crippen molar-refractivity contribution in [1.82, 2.24) is 4.98 Å². The predicted molar refractivity (Wildman–Crippen MR) is 145 cm³/mol. The van der Waals surface area contributed by atoms with E-state index in [0.29, 0.717) is 12.1 Å². The van der Waals surface area contributed by atoms with Gasteiger partial charge in [0.05, 0.1) is 12.1 Å². The molecule has 1 aromatic carbocycles. The van der Waals surface area contributed by atoms with E-state index in [2.05, 4.69) is 39.8 Å². The number of halogens is 1. The zero-order chi connectivity index (χ0) is 24.0. The van der Waals surface area contributed by atoms with Crippen molar-refractivity contribution in [2.75, 3.05) is 40.9 Å². The van der Waals surface area contributed by atoms with Crippen LogP contribution in [0.1, 0.15) is 77.6 Å². The second-order valence-corrected chi connectivity index (χ2v) is 11.0. The van der Waals surface area contributed by atoms with Gasteiger partial charge >= 0.3 is 0 Å². The molecule has 0 spiro atoms. The largest absolute Gasteiger partial charge is 0.371 e. The highest BCUT2D eigenvalue weighted by Gasteiger charge is 2.41. The van der Waals surface area contributed by atoms with Crippen LogP contribution < -0.4 is 14.7 Å². The van der Waals surface area contributed by atoms with Gasteiger partial charge in [-0.25, -0.2) is 9.37 Å². The van der Waals surface area contributed by atoms with Crippen LogP contribution in [-0.2, 0) is 0 Å². The van der Waals surface area contributed by atoms with Gasteiger partial charge in [-0.2, -0.15) is 0 Å². The van der Waals surface area contributed by atoms with Crippen molar-refractivity contribution < 1.29 is 4.39 Å². The lowest BCUT2D eigenvalue weighted by Crippen LogP contribution is -2.50. The van der Waals surface area contributed by atoms with Crippen LogP contribution in [0, 0.1) is 11.7 Å². The second kappa shape index (κ2) is 11.6.